The number of hydrogen-bond donors (Lipinski definition) is 0. The molecule has 0 bridgehead atoms. The van der Waals surface area contributed by atoms with Crippen molar-refractivity contribution < 1.29 is 4.42 Å². The van der Waals surface area contributed by atoms with Crippen LogP contribution in [0.15, 0.2) is 73.6 Å². The van der Waals surface area contributed by atoms with Gasteiger partial charge in [-0.05, 0) is 25.1 Å². The van der Waals surface area contributed by atoms with Gasteiger partial charge in [0, 0.05) is 16.6 Å². The van der Waals surface area contributed by atoms with Crippen molar-refractivity contribution in [3.05, 3.63) is 75.4 Å². The molecule has 0 N–H and O–H groups in total. The average molecular weight is 442 g/mol. The van der Waals surface area contributed by atoms with E-state index in [9.17, 15) is 4.79 Å². The van der Waals surface area contributed by atoms with Crippen molar-refractivity contribution in [3.8, 4) is 11.3 Å². The quantitative estimate of drug-likeness (QED) is 0.317. The Balaban J connectivity index is 1.62. The van der Waals surface area contributed by atoms with Crippen molar-refractivity contribution in [1.29, 1.82) is 0 Å². The summed E-state index contributed by atoms with van der Waals surface area (Å²) >= 11 is 4.86. The van der Waals surface area contributed by atoms with Gasteiger partial charge in [-0.1, -0.05) is 58.0 Å². The van der Waals surface area contributed by atoms with Crippen LogP contribution < -0.4 is 5.56 Å². The van der Waals surface area contributed by atoms with Gasteiger partial charge in [0.05, 0.1) is 22.9 Å². The maximum absolute atomic E-state index is 12.8. The number of halogens is 1. The molecule has 0 aliphatic rings. The lowest BCUT2D eigenvalue weighted by atomic mass is 10.2. The molecule has 0 amide bonds. The summed E-state index contributed by atoms with van der Waals surface area (Å²) in [5.74, 6) is 1.84. The summed E-state index contributed by atoms with van der Waals surface area (Å²) < 4.78 is 8.39. The monoisotopic (exact) mass is 441 g/mol. The molecule has 0 aliphatic carbocycles. The zero-order chi connectivity index (χ0) is 18.8. The van der Waals surface area contributed by atoms with Crippen molar-refractivity contribution in [3.63, 3.8) is 0 Å². The van der Waals surface area contributed by atoms with Gasteiger partial charge < -0.3 is 4.42 Å². The normalized spacial score (nSPS) is 11.2. The second kappa shape index (κ2) is 7.70. The molecule has 2 heterocycles. The Hall–Kier alpha value is -2.38. The molecular formula is C20H16BrN3O2S. The fourth-order valence-electron chi connectivity index (χ4n) is 2.80. The molecule has 136 valence electrons. The van der Waals surface area contributed by atoms with Gasteiger partial charge >= 0.3 is 0 Å². The minimum Gasteiger partial charge on any atom is -0.440 e. The molecule has 0 saturated heterocycles. The number of thioether (sulfide) groups is 1. The minimum atomic E-state index is -0.0383. The second-order valence-electron chi connectivity index (χ2n) is 5.88. The molecule has 0 radical (unpaired) electrons. The molecule has 0 fully saturated rings. The fourth-order valence-corrected chi connectivity index (χ4v) is 4.08. The summed E-state index contributed by atoms with van der Waals surface area (Å²) in [6.07, 6.45) is 1.73. The smallest absolute Gasteiger partial charge is 0.262 e. The van der Waals surface area contributed by atoms with E-state index in [-0.39, 0.29) is 5.56 Å². The van der Waals surface area contributed by atoms with Crippen molar-refractivity contribution in [2.45, 2.75) is 24.4 Å². The zero-order valence-corrected chi connectivity index (χ0v) is 17.0. The van der Waals surface area contributed by atoms with Crippen LogP contribution in [0.3, 0.4) is 0 Å². The maximum Gasteiger partial charge on any atom is 0.262 e. The van der Waals surface area contributed by atoms with E-state index >= 15 is 0 Å². The highest BCUT2D eigenvalue weighted by atomic mass is 79.9. The number of benzene rings is 2. The molecular weight excluding hydrogens is 426 g/mol. The first kappa shape index (κ1) is 18.0. The predicted octanol–water partition coefficient (Wildman–Crippen LogP) is 5.13. The Bertz CT molecular complexity index is 1160. The molecule has 2 aromatic heterocycles. The first-order valence-electron chi connectivity index (χ1n) is 8.48. The highest BCUT2D eigenvalue weighted by Crippen LogP contribution is 2.26. The number of aromatic nitrogens is 3. The van der Waals surface area contributed by atoms with E-state index in [0.29, 0.717) is 34.2 Å². The Labute approximate surface area is 168 Å². The topological polar surface area (TPSA) is 60.9 Å². The lowest BCUT2D eigenvalue weighted by Gasteiger charge is -2.10. The van der Waals surface area contributed by atoms with Crippen LogP contribution in [0.1, 0.15) is 12.8 Å². The third-order valence-corrected chi connectivity index (χ3v) is 5.59. The summed E-state index contributed by atoms with van der Waals surface area (Å²) in [6, 6.07) is 15.4. The fraction of sp³-hybridized carbons (Fsp3) is 0.150. The second-order valence-corrected chi connectivity index (χ2v) is 7.74. The summed E-state index contributed by atoms with van der Waals surface area (Å²) in [7, 11) is 0. The lowest BCUT2D eigenvalue weighted by Crippen LogP contribution is -2.22. The van der Waals surface area contributed by atoms with Gasteiger partial charge in [-0.15, -0.1) is 0 Å². The standard InChI is InChI=1S/C20H16BrN3O2S/c1-2-24-19(25)15-10-14(21)8-9-16(15)23-20(24)27-12-18-22-11-17(26-18)13-6-4-3-5-7-13/h3-11H,2,12H2,1H3. The van der Waals surface area contributed by atoms with Gasteiger partial charge in [0.2, 0.25) is 5.89 Å². The molecule has 2 aromatic carbocycles. The van der Waals surface area contributed by atoms with Gasteiger partial charge in [0.1, 0.15) is 0 Å². The van der Waals surface area contributed by atoms with E-state index in [1.807, 2.05) is 55.5 Å². The predicted molar refractivity (Wildman–Crippen MR) is 111 cm³/mol. The summed E-state index contributed by atoms with van der Waals surface area (Å²) in [4.78, 5) is 21.8. The highest BCUT2D eigenvalue weighted by Gasteiger charge is 2.13. The van der Waals surface area contributed by atoms with E-state index in [1.165, 1.54) is 11.8 Å². The first-order valence-corrected chi connectivity index (χ1v) is 10.3. The van der Waals surface area contributed by atoms with E-state index in [4.69, 9.17) is 4.42 Å². The maximum atomic E-state index is 12.8. The summed E-state index contributed by atoms with van der Waals surface area (Å²) in [5, 5.41) is 1.27. The van der Waals surface area contributed by atoms with E-state index in [0.717, 1.165) is 15.8 Å². The van der Waals surface area contributed by atoms with Crippen LogP contribution in [0.5, 0.6) is 0 Å². The molecule has 0 spiro atoms. The first-order chi connectivity index (χ1) is 13.2. The average Bonchev–Trinajstić information content (AvgIpc) is 3.17. The molecule has 5 nitrogen and oxygen atoms in total. The summed E-state index contributed by atoms with van der Waals surface area (Å²) in [5.41, 5.74) is 1.64. The molecule has 0 unspecified atom stereocenters. The van der Waals surface area contributed by atoms with Crippen molar-refractivity contribution >= 4 is 38.6 Å². The molecule has 4 aromatic rings. The van der Waals surface area contributed by atoms with Crippen LogP contribution in [0, 0.1) is 0 Å². The number of hydrogen-bond acceptors (Lipinski definition) is 5. The largest absolute Gasteiger partial charge is 0.440 e. The molecule has 0 aliphatic heterocycles. The molecule has 4 rings (SSSR count). The zero-order valence-electron chi connectivity index (χ0n) is 14.6. The van der Waals surface area contributed by atoms with E-state index in [1.54, 1.807) is 10.8 Å². The molecule has 0 atom stereocenters. The van der Waals surface area contributed by atoms with Gasteiger partial charge in [-0.2, -0.15) is 0 Å². The van der Waals surface area contributed by atoms with Gasteiger partial charge in [0.25, 0.3) is 5.56 Å². The van der Waals surface area contributed by atoms with Crippen LogP contribution in [0.2, 0.25) is 0 Å². The van der Waals surface area contributed by atoms with Crippen LogP contribution in [-0.2, 0) is 12.3 Å². The van der Waals surface area contributed by atoms with E-state index < -0.39 is 0 Å². The Morgan fingerprint density at radius 3 is 2.78 bits per heavy atom. The number of fused-ring (bicyclic) bond motifs is 1. The summed E-state index contributed by atoms with van der Waals surface area (Å²) in [6.45, 7) is 2.49. The van der Waals surface area contributed by atoms with Crippen LogP contribution in [-0.4, -0.2) is 14.5 Å². The van der Waals surface area contributed by atoms with Crippen LogP contribution in [0.4, 0.5) is 0 Å². The molecule has 27 heavy (non-hydrogen) atoms. The third-order valence-electron chi connectivity index (χ3n) is 4.13. The van der Waals surface area contributed by atoms with E-state index in [2.05, 4.69) is 25.9 Å². The van der Waals surface area contributed by atoms with Gasteiger partial charge in [0.15, 0.2) is 10.9 Å². The Morgan fingerprint density at radius 1 is 1.19 bits per heavy atom. The number of oxazole rings is 1. The van der Waals surface area contributed by atoms with Crippen LogP contribution in [0.25, 0.3) is 22.2 Å². The number of rotatable bonds is 5. The number of nitrogens with zero attached hydrogens (tertiary/aromatic N) is 3. The van der Waals surface area contributed by atoms with Crippen LogP contribution >= 0.6 is 27.7 Å². The Morgan fingerprint density at radius 2 is 2.00 bits per heavy atom. The van der Waals surface area contributed by atoms with Crippen molar-refractivity contribution in [2.75, 3.05) is 0 Å². The Kier molecular flexibility index (Phi) is 5.13. The van der Waals surface area contributed by atoms with Crippen molar-refractivity contribution in [2.24, 2.45) is 0 Å². The highest BCUT2D eigenvalue weighted by molar-refractivity contribution is 9.10. The minimum absolute atomic E-state index is 0.0383. The lowest BCUT2D eigenvalue weighted by molar-refractivity contribution is 0.529. The molecule has 7 heteroatoms. The van der Waals surface area contributed by atoms with Crippen molar-refractivity contribution in [1.82, 2.24) is 14.5 Å². The third kappa shape index (κ3) is 3.70. The van der Waals surface area contributed by atoms with Gasteiger partial charge in [-0.25, -0.2) is 9.97 Å². The SMILES string of the molecule is CCn1c(SCc2ncc(-c3ccccc3)o2)nc2ccc(Br)cc2c1=O. The van der Waals surface area contributed by atoms with Gasteiger partial charge in [-0.3, -0.25) is 9.36 Å². The molecule has 0 saturated carbocycles.